The topological polar surface area (TPSA) is 98.8 Å². The van der Waals surface area contributed by atoms with Gasteiger partial charge in [0.05, 0.1) is 11.1 Å². The lowest BCUT2D eigenvalue weighted by molar-refractivity contribution is 0.0595. The van der Waals surface area contributed by atoms with Crippen LogP contribution in [-0.2, 0) is 0 Å². The Morgan fingerprint density at radius 3 is 1.35 bits per heavy atom. The zero-order chi connectivity index (χ0) is 32.8. The number of benzene rings is 6. The predicted octanol–water partition coefficient (Wildman–Crippen LogP) is 6.62. The summed E-state index contributed by atoms with van der Waals surface area (Å²) < 4.78 is 0. The van der Waals surface area contributed by atoms with Crippen molar-refractivity contribution in [1.29, 1.82) is 0 Å². The number of imide groups is 2. The number of nitrogens with zero attached hydrogens (tertiary/aromatic N) is 2. The molecule has 8 nitrogen and oxygen atoms in total. The van der Waals surface area contributed by atoms with Crippen molar-refractivity contribution in [2.24, 2.45) is 0 Å². The Bertz CT molecular complexity index is 2200. The standard InChI is InChI=1S/C40H32N4O4/c45-37-31-15-5-11-27-23-25-9-1-3-13-29(25)35(33(27)31)39(47)43(37)21-7-17-41-19-20-42-18-8-22-44-38(46)32-16-6-12-28-24-26-10-2-4-14-30(26)36(34(28)32)40(44)48/h1-6,9-16,19-20,23-24,41-42H,7-8,17-18,21-22H2/b20-19+. The van der Waals surface area contributed by atoms with Crippen molar-refractivity contribution in [1.82, 2.24) is 20.4 Å². The van der Waals surface area contributed by atoms with Gasteiger partial charge in [0.1, 0.15) is 0 Å². The Morgan fingerprint density at radius 1 is 0.479 bits per heavy atom. The summed E-state index contributed by atoms with van der Waals surface area (Å²) in [6.07, 6.45) is 4.73. The van der Waals surface area contributed by atoms with E-state index in [1.807, 2.05) is 84.9 Å². The van der Waals surface area contributed by atoms with Crippen LogP contribution in [0.25, 0.3) is 43.1 Å². The molecule has 2 aliphatic heterocycles. The van der Waals surface area contributed by atoms with Gasteiger partial charge in [-0.15, -0.1) is 0 Å². The third-order valence-corrected chi connectivity index (χ3v) is 9.37. The van der Waals surface area contributed by atoms with Crippen LogP contribution >= 0.6 is 0 Å². The molecule has 8 rings (SSSR count). The van der Waals surface area contributed by atoms with Crippen molar-refractivity contribution in [3.05, 3.63) is 132 Å². The van der Waals surface area contributed by atoms with Crippen molar-refractivity contribution >= 4 is 66.7 Å². The zero-order valence-corrected chi connectivity index (χ0v) is 26.2. The van der Waals surface area contributed by atoms with Crippen LogP contribution < -0.4 is 10.6 Å². The highest BCUT2D eigenvalue weighted by Gasteiger charge is 2.35. The van der Waals surface area contributed by atoms with E-state index in [9.17, 15) is 19.2 Å². The van der Waals surface area contributed by atoms with E-state index in [2.05, 4.69) is 10.6 Å². The molecule has 4 amide bonds. The fourth-order valence-electron chi connectivity index (χ4n) is 7.16. The van der Waals surface area contributed by atoms with Crippen LogP contribution in [-0.4, -0.2) is 59.6 Å². The first-order chi connectivity index (χ1) is 23.5. The molecular weight excluding hydrogens is 600 g/mol. The van der Waals surface area contributed by atoms with Crippen LogP contribution in [0.3, 0.4) is 0 Å². The zero-order valence-electron chi connectivity index (χ0n) is 26.2. The molecule has 48 heavy (non-hydrogen) atoms. The van der Waals surface area contributed by atoms with Crippen LogP contribution in [0.1, 0.15) is 54.3 Å². The molecule has 236 valence electrons. The second-order valence-corrected chi connectivity index (χ2v) is 12.2. The van der Waals surface area contributed by atoms with E-state index in [-0.39, 0.29) is 23.6 Å². The predicted molar refractivity (Wildman–Crippen MR) is 188 cm³/mol. The Balaban J connectivity index is 0.842. The van der Waals surface area contributed by atoms with Crippen molar-refractivity contribution in [2.75, 3.05) is 26.2 Å². The number of fused-ring (bicyclic) bond motifs is 4. The van der Waals surface area contributed by atoms with E-state index in [1.165, 1.54) is 9.80 Å². The lowest BCUT2D eigenvalue weighted by Gasteiger charge is -2.28. The largest absolute Gasteiger partial charge is 0.390 e. The van der Waals surface area contributed by atoms with Gasteiger partial charge in [-0.2, -0.15) is 0 Å². The molecule has 0 fully saturated rings. The van der Waals surface area contributed by atoms with Gasteiger partial charge in [-0.3, -0.25) is 29.0 Å². The molecule has 6 aromatic rings. The van der Waals surface area contributed by atoms with Crippen LogP contribution in [0.2, 0.25) is 0 Å². The van der Waals surface area contributed by atoms with Gasteiger partial charge in [0.25, 0.3) is 23.6 Å². The minimum atomic E-state index is -0.260. The number of carbonyl (C=O) groups excluding carboxylic acids is 4. The van der Waals surface area contributed by atoms with E-state index in [0.717, 1.165) is 43.1 Å². The van der Waals surface area contributed by atoms with Gasteiger partial charge in [0.2, 0.25) is 0 Å². The highest BCUT2D eigenvalue weighted by Crippen LogP contribution is 2.37. The molecule has 0 aromatic heterocycles. The molecule has 6 aromatic carbocycles. The Kier molecular flexibility index (Phi) is 7.33. The summed E-state index contributed by atoms with van der Waals surface area (Å²) in [4.78, 5) is 56.7. The molecule has 0 unspecified atom stereocenters. The number of carbonyl (C=O) groups is 4. The number of rotatable bonds is 10. The average Bonchev–Trinajstić information content (AvgIpc) is 3.11. The molecule has 8 heteroatoms. The monoisotopic (exact) mass is 632 g/mol. The lowest BCUT2D eigenvalue weighted by Crippen LogP contribution is -2.41. The summed E-state index contributed by atoms with van der Waals surface area (Å²) in [5.74, 6) is -1.03. The van der Waals surface area contributed by atoms with Gasteiger partial charge in [0, 0.05) is 60.5 Å². The van der Waals surface area contributed by atoms with E-state index >= 15 is 0 Å². The summed E-state index contributed by atoms with van der Waals surface area (Å²) in [6.45, 7) is 1.74. The van der Waals surface area contributed by atoms with Gasteiger partial charge in [0.15, 0.2) is 0 Å². The first-order valence-electron chi connectivity index (χ1n) is 16.3. The maximum Gasteiger partial charge on any atom is 0.262 e. The number of hydrogen-bond acceptors (Lipinski definition) is 6. The van der Waals surface area contributed by atoms with Crippen molar-refractivity contribution in [3.63, 3.8) is 0 Å². The minimum absolute atomic E-state index is 0.253. The van der Waals surface area contributed by atoms with Gasteiger partial charge >= 0.3 is 0 Å². The van der Waals surface area contributed by atoms with Crippen LogP contribution in [0.4, 0.5) is 0 Å². The van der Waals surface area contributed by atoms with Crippen LogP contribution in [0.15, 0.2) is 109 Å². The van der Waals surface area contributed by atoms with Gasteiger partial charge in [-0.05, 0) is 69.4 Å². The summed E-state index contributed by atoms with van der Waals surface area (Å²) >= 11 is 0. The summed E-state index contributed by atoms with van der Waals surface area (Å²) in [5.41, 5.74) is 2.32. The normalized spacial score (nSPS) is 14.3. The van der Waals surface area contributed by atoms with Crippen LogP contribution in [0, 0.1) is 0 Å². The second kappa shape index (κ2) is 12.0. The smallest absolute Gasteiger partial charge is 0.262 e. The van der Waals surface area contributed by atoms with E-state index in [4.69, 9.17) is 0 Å². The fourth-order valence-corrected chi connectivity index (χ4v) is 7.16. The van der Waals surface area contributed by atoms with Gasteiger partial charge < -0.3 is 10.6 Å². The van der Waals surface area contributed by atoms with Gasteiger partial charge in [-0.1, -0.05) is 72.8 Å². The maximum absolute atomic E-state index is 13.6. The third kappa shape index (κ3) is 4.76. The number of amides is 4. The minimum Gasteiger partial charge on any atom is -0.390 e. The highest BCUT2D eigenvalue weighted by atomic mass is 16.2. The molecule has 0 spiro atoms. The highest BCUT2D eigenvalue weighted by molar-refractivity contribution is 6.31. The average molecular weight is 633 g/mol. The Hall–Kier alpha value is -6.02. The molecule has 0 atom stereocenters. The molecule has 2 aliphatic rings. The van der Waals surface area contributed by atoms with Crippen LogP contribution in [0.5, 0.6) is 0 Å². The molecule has 0 radical (unpaired) electrons. The van der Waals surface area contributed by atoms with E-state index in [1.54, 1.807) is 24.5 Å². The number of hydrogen-bond donors (Lipinski definition) is 2. The van der Waals surface area contributed by atoms with Crippen molar-refractivity contribution < 1.29 is 19.2 Å². The van der Waals surface area contributed by atoms with Crippen molar-refractivity contribution in [2.45, 2.75) is 12.8 Å². The third-order valence-electron chi connectivity index (χ3n) is 9.37. The fraction of sp³-hybridized carbons (Fsp3) is 0.150. The lowest BCUT2D eigenvalue weighted by atomic mass is 9.89. The molecule has 0 bridgehead atoms. The molecule has 0 saturated heterocycles. The van der Waals surface area contributed by atoms with E-state index < -0.39 is 0 Å². The molecule has 0 saturated carbocycles. The molecule has 2 N–H and O–H groups in total. The SMILES string of the molecule is O=C1c2cccc3cc4ccccc4c(c23)C(=O)N1CCCN/C=C/NCCCN1C(=O)c2cccc3cc4ccccc4c(c23)C1=O. The summed E-state index contributed by atoms with van der Waals surface area (Å²) in [7, 11) is 0. The van der Waals surface area contributed by atoms with Crippen molar-refractivity contribution in [3.8, 4) is 0 Å². The number of nitrogens with one attached hydrogen (secondary N) is 2. The summed E-state index contributed by atoms with van der Waals surface area (Å²) in [6, 6.07) is 30.9. The first kappa shape index (κ1) is 29.4. The molecular formula is C40H32N4O4. The summed E-state index contributed by atoms with van der Waals surface area (Å²) in [5, 5.41) is 13.3. The maximum atomic E-state index is 13.6. The quantitative estimate of drug-likeness (QED) is 0.100. The van der Waals surface area contributed by atoms with E-state index in [0.29, 0.717) is 61.3 Å². The molecule has 0 aliphatic carbocycles. The second-order valence-electron chi connectivity index (χ2n) is 12.2. The molecule has 2 heterocycles. The Labute approximate surface area is 276 Å². The Morgan fingerprint density at radius 2 is 0.896 bits per heavy atom. The van der Waals surface area contributed by atoms with Gasteiger partial charge in [-0.25, -0.2) is 0 Å². The first-order valence-corrected chi connectivity index (χ1v) is 16.3.